The molecule has 0 bridgehead atoms. The lowest BCUT2D eigenvalue weighted by Gasteiger charge is -2.09. The highest BCUT2D eigenvalue weighted by Gasteiger charge is 2.15. The van der Waals surface area contributed by atoms with Gasteiger partial charge in [0.2, 0.25) is 5.91 Å². The molecule has 1 aromatic carbocycles. The lowest BCUT2D eigenvalue weighted by atomic mass is 10.0. The summed E-state index contributed by atoms with van der Waals surface area (Å²) in [5.74, 6) is 0.191. The SMILES string of the molecule is C=N/C=C(\C=C(/C)c1cc2c(-c3cc4c(-c5ccncc5)cccc4[nH]3)n[nH]c2cn1)NC(=O)CC(C)C. The first kappa shape index (κ1) is 24.8. The summed E-state index contributed by atoms with van der Waals surface area (Å²) < 4.78 is 0. The number of nitrogens with zero attached hydrogens (tertiary/aromatic N) is 4. The third-order valence-electron chi connectivity index (χ3n) is 6.24. The Morgan fingerprint density at radius 3 is 2.71 bits per heavy atom. The molecule has 4 aromatic heterocycles. The second-order valence-electron chi connectivity index (χ2n) is 9.61. The number of nitrogens with one attached hydrogen (secondary N) is 3. The molecule has 8 heteroatoms. The first-order valence-electron chi connectivity index (χ1n) is 12.4. The number of fused-ring (bicyclic) bond motifs is 2. The molecule has 5 aromatic rings. The van der Waals surface area contributed by atoms with E-state index in [1.165, 1.54) is 6.20 Å². The Bertz CT molecular complexity index is 1690. The van der Waals surface area contributed by atoms with Crippen molar-refractivity contribution in [1.29, 1.82) is 0 Å². The fourth-order valence-corrected chi connectivity index (χ4v) is 4.50. The van der Waals surface area contributed by atoms with Gasteiger partial charge in [-0.25, -0.2) is 0 Å². The topological polar surface area (TPSA) is 112 Å². The molecular weight excluding hydrogens is 474 g/mol. The van der Waals surface area contributed by atoms with Crippen molar-refractivity contribution >= 4 is 40.0 Å². The average molecular weight is 504 g/mol. The van der Waals surface area contributed by atoms with Gasteiger partial charge in [-0.2, -0.15) is 5.10 Å². The highest BCUT2D eigenvalue weighted by molar-refractivity contribution is 6.01. The van der Waals surface area contributed by atoms with Crippen LogP contribution in [0.5, 0.6) is 0 Å². The number of carbonyl (C=O) groups is 1. The fraction of sp³-hybridized carbons (Fsp3) is 0.167. The maximum Gasteiger partial charge on any atom is 0.224 e. The molecular formula is C30H29N7O. The molecule has 0 unspecified atom stereocenters. The molecule has 4 heterocycles. The van der Waals surface area contributed by atoms with E-state index < -0.39 is 0 Å². The molecule has 0 aliphatic rings. The van der Waals surface area contributed by atoms with Crippen LogP contribution in [0.1, 0.15) is 32.9 Å². The zero-order valence-electron chi connectivity index (χ0n) is 21.6. The standard InChI is InChI=1S/C30H29N7O/c1-18(2)12-29(38)34-21(16-31-4)13-19(3)26-15-24-28(17-33-26)36-37-30(24)27-14-23-22(6-5-7-25(23)35-27)20-8-10-32-11-9-20/h5-11,13-18,35H,4,12H2,1-3H3,(H,34,38)(H,36,37)/b19-13+,21-16+. The number of aromatic amines is 2. The van der Waals surface area contributed by atoms with Crippen LogP contribution >= 0.6 is 0 Å². The predicted octanol–water partition coefficient (Wildman–Crippen LogP) is 6.28. The van der Waals surface area contributed by atoms with Gasteiger partial charge in [-0.15, -0.1) is 0 Å². The van der Waals surface area contributed by atoms with Crippen LogP contribution in [0.25, 0.3) is 49.9 Å². The molecule has 0 spiro atoms. The van der Waals surface area contributed by atoms with Gasteiger partial charge >= 0.3 is 0 Å². The van der Waals surface area contributed by atoms with E-state index in [4.69, 9.17) is 0 Å². The van der Waals surface area contributed by atoms with E-state index in [-0.39, 0.29) is 11.8 Å². The maximum absolute atomic E-state index is 12.3. The number of benzene rings is 1. The second kappa shape index (κ2) is 10.6. The second-order valence-corrected chi connectivity index (χ2v) is 9.61. The van der Waals surface area contributed by atoms with Crippen LogP contribution in [0, 0.1) is 5.92 Å². The number of amides is 1. The minimum atomic E-state index is -0.0653. The van der Waals surface area contributed by atoms with Crippen molar-refractivity contribution in [3.05, 3.63) is 84.7 Å². The van der Waals surface area contributed by atoms with Gasteiger partial charge in [-0.05, 0) is 72.7 Å². The summed E-state index contributed by atoms with van der Waals surface area (Å²) in [4.78, 5) is 28.4. The summed E-state index contributed by atoms with van der Waals surface area (Å²) in [5, 5.41) is 12.7. The molecule has 8 nitrogen and oxygen atoms in total. The van der Waals surface area contributed by atoms with Crippen LogP contribution in [0.15, 0.2) is 84.0 Å². The van der Waals surface area contributed by atoms with Crippen LogP contribution < -0.4 is 5.32 Å². The molecule has 190 valence electrons. The molecule has 0 saturated carbocycles. The summed E-state index contributed by atoms with van der Waals surface area (Å²) in [7, 11) is 0. The summed E-state index contributed by atoms with van der Waals surface area (Å²) in [5.41, 5.74) is 8.01. The van der Waals surface area contributed by atoms with E-state index >= 15 is 0 Å². The van der Waals surface area contributed by atoms with E-state index in [1.54, 1.807) is 18.6 Å². The van der Waals surface area contributed by atoms with Gasteiger partial charge in [-0.3, -0.25) is 24.9 Å². The summed E-state index contributed by atoms with van der Waals surface area (Å²) in [6.07, 6.45) is 9.19. The Hall–Kier alpha value is -4.85. The number of pyridine rings is 2. The molecule has 0 aliphatic carbocycles. The highest BCUT2D eigenvalue weighted by Crippen LogP contribution is 2.34. The van der Waals surface area contributed by atoms with Crippen LogP contribution in [0.2, 0.25) is 0 Å². The van der Waals surface area contributed by atoms with Gasteiger partial charge in [0.15, 0.2) is 0 Å². The Morgan fingerprint density at radius 1 is 1.13 bits per heavy atom. The van der Waals surface area contributed by atoms with Crippen molar-refractivity contribution in [2.24, 2.45) is 10.9 Å². The molecule has 0 atom stereocenters. The van der Waals surface area contributed by atoms with Crippen molar-refractivity contribution in [1.82, 2.24) is 30.5 Å². The van der Waals surface area contributed by atoms with Gasteiger partial charge in [0, 0.05) is 41.3 Å². The van der Waals surface area contributed by atoms with Crippen molar-refractivity contribution in [2.75, 3.05) is 0 Å². The average Bonchev–Trinajstić information content (AvgIpc) is 3.52. The van der Waals surface area contributed by atoms with E-state index in [0.29, 0.717) is 12.1 Å². The maximum atomic E-state index is 12.3. The van der Waals surface area contributed by atoms with Gasteiger partial charge in [0.1, 0.15) is 5.69 Å². The first-order chi connectivity index (χ1) is 18.4. The van der Waals surface area contributed by atoms with Crippen molar-refractivity contribution in [2.45, 2.75) is 27.2 Å². The molecule has 3 N–H and O–H groups in total. The van der Waals surface area contributed by atoms with Crippen LogP contribution in [-0.4, -0.2) is 37.8 Å². The first-order valence-corrected chi connectivity index (χ1v) is 12.4. The molecule has 1 amide bonds. The third kappa shape index (κ3) is 5.15. The monoisotopic (exact) mass is 503 g/mol. The minimum Gasteiger partial charge on any atom is -0.353 e. The number of allylic oxidation sites excluding steroid dienone is 2. The molecule has 5 rings (SSSR count). The molecule has 38 heavy (non-hydrogen) atoms. The highest BCUT2D eigenvalue weighted by atomic mass is 16.1. The number of hydrogen-bond donors (Lipinski definition) is 3. The Labute approximate surface area is 220 Å². The van der Waals surface area contributed by atoms with Crippen molar-refractivity contribution in [3.63, 3.8) is 0 Å². The summed E-state index contributed by atoms with van der Waals surface area (Å²) in [6.45, 7) is 9.49. The smallest absolute Gasteiger partial charge is 0.224 e. The zero-order valence-corrected chi connectivity index (χ0v) is 21.6. The number of aliphatic imine (C=N–C) groups is 1. The molecule has 0 aliphatic heterocycles. The lowest BCUT2D eigenvalue weighted by Crippen LogP contribution is -2.23. The number of H-pyrrole nitrogens is 2. The van der Waals surface area contributed by atoms with Crippen molar-refractivity contribution in [3.8, 4) is 22.5 Å². The number of hydrogen-bond acceptors (Lipinski definition) is 5. The van der Waals surface area contributed by atoms with E-state index in [0.717, 1.165) is 55.6 Å². The molecule has 0 radical (unpaired) electrons. The Morgan fingerprint density at radius 2 is 1.95 bits per heavy atom. The van der Waals surface area contributed by atoms with Crippen LogP contribution in [-0.2, 0) is 4.79 Å². The number of aromatic nitrogens is 5. The number of carbonyl (C=O) groups excluding carboxylic acids is 1. The zero-order chi connectivity index (χ0) is 26.6. The normalized spacial score (nSPS) is 12.4. The van der Waals surface area contributed by atoms with E-state index in [1.807, 2.05) is 51.1 Å². The predicted molar refractivity (Wildman–Crippen MR) is 153 cm³/mol. The Kier molecular flexibility index (Phi) is 6.95. The van der Waals surface area contributed by atoms with E-state index in [2.05, 4.69) is 60.4 Å². The van der Waals surface area contributed by atoms with Crippen LogP contribution in [0.3, 0.4) is 0 Å². The molecule has 0 fully saturated rings. The molecule has 0 saturated heterocycles. The summed E-state index contributed by atoms with van der Waals surface area (Å²) >= 11 is 0. The number of rotatable bonds is 8. The Balaban J connectivity index is 1.51. The van der Waals surface area contributed by atoms with Crippen LogP contribution in [0.4, 0.5) is 0 Å². The fourth-order valence-electron chi connectivity index (χ4n) is 4.50. The largest absolute Gasteiger partial charge is 0.353 e. The quantitative estimate of drug-likeness (QED) is 0.171. The lowest BCUT2D eigenvalue weighted by molar-refractivity contribution is -0.121. The van der Waals surface area contributed by atoms with Gasteiger partial charge in [0.25, 0.3) is 0 Å². The third-order valence-corrected chi connectivity index (χ3v) is 6.24. The van der Waals surface area contributed by atoms with Gasteiger partial charge in [-0.1, -0.05) is 26.0 Å². The minimum absolute atomic E-state index is 0.0653. The van der Waals surface area contributed by atoms with Gasteiger partial charge < -0.3 is 10.3 Å². The van der Waals surface area contributed by atoms with Gasteiger partial charge in [0.05, 0.1) is 28.8 Å². The van der Waals surface area contributed by atoms with Crippen molar-refractivity contribution < 1.29 is 4.79 Å². The van der Waals surface area contributed by atoms with E-state index in [9.17, 15) is 4.79 Å². The summed E-state index contributed by atoms with van der Waals surface area (Å²) in [6, 6.07) is 14.4.